The third-order valence-electron chi connectivity index (χ3n) is 5.53. The van der Waals surface area contributed by atoms with E-state index in [0.717, 1.165) is 50.3 Å². The van der Waals surface area contributed by atoms with E-state index < -0.39 is 0 Å². The first-order chi connectivity index (χ1) is 14.4. The predicted octanol–water partition coefficient (Wildman–Crippen LogP) is 5.54. The number of pyridine rings is 2. The molecular formula is C25H24ClN5. The van der Waals surface area contributed by atoms with Crippen LogP contribution in [-0.2, 0) is 5.54 Å². The molecule has 0 unspecified atom stereocenters. The molecule has 0 aliphatic rings. The van der Waals surface area contributed by atoms with E-state index in [1.54, 1.807) is 0 Å². The SMILES string of the molecule is Cc1nnc2c3cc(-c4ccccc4)c(-c4ccc(C(C)(C)N)cc4)nc3ccn12.Cl. The van der Waals surface area contributed by atoms with Gasteiger partial charge in [0, 0.05) is 28.2 Å². The van der Waals surface area contributed by atoms with Gasteiger partial charge in [-0.2, -0.15) is 0 Å². The zero-order valence-corrected chi connectivity index (χ0v) is 18.5. The second kappa shape index (κ2) is 7.76. The first-order valence-electron chi connectivity index (χ1n) is 10.0. The van der Waals surface area contributed by atoms with Crippen LogP contribution >= 0.6 is 12.4 Å². The molecule has 2 N–H and O–H groups in total. The van der Waals surface area contributed by atoms with Crippen molar-refractivity contribution in [3.63, 3.8) is 0 Å². The summed E-state index contributed by atoms with van der Waals surface area (Å²) in [5.41, 5.74) is 12.9. The van der Waals surface area contributed by atoms with Gasteiger partial charge >= 0.3 is 0 Å². The smallest absolute Gasteiger partial charge is 0.170 e. The number of aryl methyl sites for hydroxylation is 1. The summed E-state index contributed by atoms with van der Waals surface area (Å²) >= 11 is 0. The molecule has 31 heavy (non-hydrogen) atoms. The highest BCUT2D eigenvalue weighted by molar-refractivity contribution is 5.98. The van der Waals surface area contributed by atoms with Crippen LogP contribution in [0.25, 0.3) is 38.9 Å². The van der Waals surface area contributed by atoms with Crippen LogP contribution in [0.2, 0.25) is 0 Å². The Morgan fingerprint density at radius 2 is 1.58 bits per heavy atom. The summed E-state index contributed by atoms with van der Waals surface area (Å²) in [6.45, 7) is 5.97. The quantitative estimate of drug-likeness (QED) is 0.409. The third kappa shape index (κ3) is 3.67. The van der Waals surface area contributed by atoms with E-state index in [4.69, 9.17) is 10.7 Å². The van der Waals surface area contributed by atoms with E-state index >= 15 is 0 Å². The molecule has 0 amide bonds. The minimum Gasteiger partial charge on any atom is -0.322 e. The molecule has 0 radical (unpaired) electrons. The van der Waals surface area contributed by atoms with E-state index in [1.807, 2.05) is 55.6 Å². The standard InChI is InChI=1S/C25H23N5.ClH/c1-16-28-29-24-21-15-20(17-7-5-4-6-8-17)23(27-22(21)13-14-30(16)24)18-9-11-19(12-10-18)25(2,3)26;/h4-15H,26H2,1-3H3;1H. The number of fused-ring (bicyclic) bond motifs is 3. The molecular weight excluding hydrogens is 406 g/mol. The molecule has 0 bridgehead atoms. The molecule has 0 atom stereocenters. The Bertz CT molecular complexity index is 1370. The molecule has 0 aliphatic carbocycles. The van der Waals surface area contributed by atoms with Gasteiger partial charge in [-0.1, -0.05) is 54.6 Å². The highest BCUT2D eigenvalue weighted by Gasteiger charge is 2.17. The number of hydrogen-bond donors (Lipinski definition) is 1. The van der Waals surface area contributed by atoms with Crippen molar-refractivity contribution in [1.82, 2.24) is 19.6 Å². The van der Waals surface area contributed by atoms with Crippen LogP contribution in [-0.4, -0.2) is 19.6 Å². The van der Waals surface area contributed by atoms with Gasteiger partial charge in [-0.25, -0.2) is 4.98 Å². The van der Waals surface area contributed by atoms with Gasteiger partial charge in [-0.3, -0.25) is 4.40 Å². The third-order valence-corrected chi connectivity index (χ3v) is 5.53. The van der Waals surface area contributed by atoms with Crippen LogP contribution in [0, 0.1) is 6.92 Å². The average Bonchev–Trinajstić information content (AvgIpc) is 3.14. The summed E-state index contributed by atoms with van der Waals surface area (Å²) in [5, 5.41) is 9.60. The number of benzene rings is 2. The van der Waals surface area contributed by atoms with Crippen LogP contribution < -0.4 is 5.73 Å². The molecule has 156 valence electrons. The summed E-state index contributed by atoms with van der Waals surface area (Å²) in [7, 11) is 0. The lowest BCUT2D eigenvalue weighted by atomic mass is 9.92. The Morgan fingerprint density at radius 3 is 2.26 bits per heavy atom. The fourth-order valence-electron chi connectivity index (χ4n) is 3.83. The van der Waals surface area contributed by atoms with E-state index in [2.05, 4.69) is 52.7 Å². The minimum absolute atomic E-state index is 0. The van der Waals surface area contributed by atoms with Gasteiger partial charge in [0.05, 0.1) is 11.2 Å². The molecule has 5 aromatic rings. The number of hydrogen-bond acceptors (Lipinski definition) is 4. The summed E-state index contributed by atoms with van der Waals surface area (Å²) in [4.78, 5) is 5.06. The van der Waals surface area contributed by atoms with Gasteiger partial charge < -0.3 is 5.73 Å². The molecule has 6 heteroatoms. The molecule has 3 aromatic heterocycles. The first kappa shape index (κ1) is 21.0. The summed E-state index contributed by atoms with van der Waals surface area (Å²) in [5.74, 6) is 0.859. The Kier molecular flexibility index (Phi) is 5.25. The molecule has 0 fully saturated rings. The van der Waals surface area contributed by atoms with Crippen molar-refractivity contribution in [3.05, 3.63) is 84.3 Å². The van der Waals surface area contributed by atoms with Crippen molar-refractivity contribution >= 4 is 29.0 Å². The summed E-state index contributed by atoms with van der Waals surface area (Å²) in [6, 6.07) is 22.9. The van der Waals surface area contributed by atoms with Gasteiger partial charge in [0.25, 0.3) is 0 Å². The fourth-order valence-corrected chi connectivity index (χ4v) is 3.83. The molecule has 3 heterocycles. The van der Waals surface area contributed by atoms with Crippen molar-refractivity contribution in [2.24, 2.45) is 5.73 Å². The van der Waals surface area contributed by atoms with Crippen molar-refractivity contribution in [1.29, 1.82) is 0 Å². The van der Waals surface area contributed by atoms with Gasteiger partial charge in [-0.15, -0.1) is 22.6 Å². The molecule has 0 saturated heterocycles. The van der Waals surface area contributed by atoms with E-state index in [1.165, 1.54) is 0 Å². The zero-order chi connectivity index (χ0) is 20.9. The lowest BCUT2D eigenvalue weighted by molar-refractivity contribution is 0.554. The molecule has 5 nitrogen and oxygen atoms in total. The normalized spacial score (nSPS) is 11.6. The Morgan fingerprint density at radius 1 is 0.871 bits per heavy atom. The van der Waals surface area contributed by atoms with Crippen molar-refractivity contribution in [3.8, 4) is 22.4 Å². The molecule has 0 saturated carbocycles. The summed E-state index contributed by atoms with van der Waals surface area (Å²) in [6.07, 6.45) is 1.98. The highest BCUT2D eigenvalue weighted by atomic mass is 35.5. The van der Waals surface area contributed by atoms with E-state index in [0.29, 0.717) is 0 Å². The van der Waals surface area contributed by atoms with Gasteiger partial charge in [-0.05, 0) is 44.0 Å². The minimum atomic E-state index is -0.380. The highest BCUT2D eigenvalue weighted by Crippen LogP contribution is 2.35. The average molecular weight is 430 g/mol. The van der Waals surface area contributed by atoms with Crippen molar-refractivity contribution < 1.29 is 0 Å². The van der Waals surface area contributed by atoms with E-state index in [9.17, 15) is 0 Å². The van der Waals surface area contributed by atoms with Gasteiger partial charge in [0.15, 0.2) is 5.65 Å². The number of rotatable bonds is 3. The molecule has 0 aliphatic heterocycles. The lowest BCUT2D eigenvalue weighted by Crippen LogP contribution is -2.28. The maximum atomic E-state index is 6.26. The molecule has 2 aromatic carbocycles. The fraction of sp³-hybridized carbons (Fsp3) is 0.160. The van der Waals surface area contributed by atoms with E-state index in [-0.39, 0.29) is 17.9 Å². The lowest BCUT2D eigenvalue weighted by Gasteiger charge is -2.19. The second-order valence-electron chi connectivity index (χ2n) is 8.24. The topological polar surface area (TPSA) is 69.1 Å². The maximum absolute atomic E-state index is 6.26. The molecule has 5 rings (SSSR count). The van der Waals surface area contributed by atoms with Crippen LogP contribution in [0.5, 0.6) is 0 Å². The number of halogens is 1. The van der Waals surface area contributed by atoms with Crippen LogP contribution in [0.15, 0.2) is 72.9 Å². The van der Waals surface area contributed by atoms with Crippen molar-refractivity contribution in [2.45, 2.75) is 26.3 Å². The van der Waals surface area contributed by atoms with Crippen LogP contribution in [0.1, 0.15) is 25.2 Å². The monoisotopic (exact) mass is 429 g/mol. The maximum Gasteiger partial charge on any atom is 0.170 e. The van der Waals surface area contributed by atoms with Gasteiger partial charge in [0.1, 0.15) is 5.82 Å². The second-order valence-corrected chi connectivity index (χ2v) is 8.24. The first-order valence-corrected chi connectivity index (χ1v) is 10.0. The van der Waals surface area contributed by atoms with Crippen molar-refractivity contribution in [2.75, 3.05) is 0 Å². The molecule has 0 spiro atoms. The van der Waals surface area contributed by atoms with Gasteiger partial charge in [0.2, 0.25) is 0 Å². The largest absolute Gasteiger partial charge is 0.322 e. The Labute approximate surface area is 187 Å². The number of nitrogens with two attached hydrogens (primary N) is 1. The zero-order valence-electron chi connectivity index (χ0n) is 17.7. The van der Waals surface area contributed by atoms with Crippen LogP contribution in [0.3, 0.4) is 0 Å². The summed E-state index contributed by atoms with van der Waals surface area (Å²) < 4.78 is 2.00. The Hall–Kier alpha value is -3.28. The predicted molar refractivity (Wildman–Crippen MR) is 128 cm³/mol. The number of aromatic nitrogens is 4. The van der Waals surface area contributed by atoms with Crippen LogP contribution in [0.4, 0.5) is 0 Å². The number of nitrogens with zero attached hydrogens (tertiary/aromatic N) is 4. The Balaban J connectivity index is 0.00000231.